The Kier molecular flexibility index (Phi) is 4.37. The third-order valence-electron chi connectivity index (χ3n) is 1.87. The SMILES string of the molecule is CCCOc1cc(OC)cc(C(N)=S)c1. The van der Waals surface area contributed by atoms with Crippen LogP contribution in [0.3, 0.4) is 0 Å². The van der Waals surface area contributed by atoms with E-state index in [9.17, 15) is 0 Å². The van der Waals surface area contributed by atoms with Crippen molar-refractivity contribution in [1.29, 1.82) is 0 Å². The van der Waals surface area contributed by atoms with E-state index in [1.165, 1.54) is 0 Å². The number of benzene rings is 1. The zero-order valence-corrected chi connectivity index (χ0v) is 9.76. The van der Waals surface area contributed by atoms with Crippen LogP contribution in [0, 0.1) is 0 Å². The first-order valence-electron chi connectivity index (χ1n) is 4.79. The van der Waals surface area contributed by atoms with E-state index < -0.39 is 0 Å². The fourth-order valence-corrected chi connectivity index (χ4v) is 1.25. The molecule has 0 aliphatic rings. The summed E-state index contributed by atoms with van der Waals surface area (Å²) in [6, 6.07) is 5.43. The van der Waals surface area contributed by atoms with Gasteiger partial charge in [0.2, 0.25) is 0 Å². The molecule has 0 saturated heterocycles. The molecule has 0 atom stereocenters. The van der Waals surface area contributed by atoms with Gasteiger partial charge < -0.3 is 15.2 Å². The maximum Gasteiger partial charge on any atom is 0.123 e. The zero-order valence-electron chi connectivity index (χ0n) is 8.95. The summed E-state index contributed by atoms with van der Waals surface area (Å²) in [6.45, 7) is 2.72. The molecule has 1 aromatic carbocycles. The summed E-state index contributed by atoms with van der Waals surface area (Å²) in [5.41, 5.74) is 6.31. The van der Waals surface area contributed by atoms with Gasteiger partial charge in [-0.3, -0.25) is 0 Å². The number of methoxy groups -OCH3 is 1. The predicted molar refractivity (Wildman–Crippen MR) is 64.7 cm³/mol. The lowest BCUT2D eigenvalue weighted by Crippen LogP contribution is -2.10. The van der Waals surface area contributed by atoms with Crippen LogP contribution in [-0.4, -0.2) is 18.7 Å². The largest absolute Gasteiger partial charge is 0.497 e. The normalized spacial score (nSPS) is 9.73. The first-order chi connectivity index (χ1) is 7.17. The van der Waals surface area contributed by atoms with Crippen LogP contribution in [-0.2, 0) is 0 Å². The van der Waals surface area contributed by atoms with Crippen LogP contribution in [0.1, 0.15) is 18.9 Å². The lowest BCUT2D eigenvalue weighted by molar-refractivity contribution is 0.314. The Bertz CT molecular complexity index is 352. The number of ether oxygens (including phenoxy) is 2. The molecule has 0 saturated carbocycles. The molecule has 0 fully saturated rings. The summed E-state index contributed by atoms with van der Waals surface area (Å²) in [5, 5.41) is 0. The monoisotopic (exact) mass is 225 g/mol. The lowest BCUT2D eigenvalue weighted by Gasteiger charge is -2.09. The highest BCUT2D eigenvalue weighted by atomic mass is 32.1. The molecule has 0 aromatic heterocycles. The first kappa shape index (κ1) is 11.8. The summed E-state index contributed by atoms with van der Waals surface area (Å²) in [5.74, 6) is 1.44. The van der Waals surface area contributed by atoms with Gasteiger partial charge in [0.25, 0.3) is 0 Å². The third kappa shape index (κ3) is 3.40. The average Bonchev–Trinajstić information content (AvgIpc) is 2.25. The molecule has 15 heavy (non-hydrogen) atoms. The molecule has 0 spiro atoms. The minimum absolute atomic E-state index is 0.343. The van der Waals surface area contributed by atoms with Gasteiger partial charge in [0.05, 0.1) is 13.7 Å². The predicted octanol–water partition coefficient (Wildman–Crippen LogP) is 2.12. The van der Waals surface area contributed by atoms with Gasteiger partial charge in [0, 0.05) is 11.6 Å². The van der Waals surface area contributed by atoms with E-state index in [1.807, 2.05) is 12.1 Å². The topological polar surface area (TPSA) is 44.5 Å². The van der Waals surface area contributed by atoms with Gasteiger partial charge in [-0.05, 0) is 18.6 Å². The fraction of sp³-hybridized carbons (Fsp3) is 0.364. The Labute approximate surface area is 95.2 Å². The Morgan fingerprint density at radius 3 is 2.53 bits per heavy atom. The highest BCUT2D eigenvalue weighted by Crippen LogP contribution is 2.22. The maximum atomic E-state index is 5.56. The molecular weight excluding hydrogens is 210 g/mol. The highest BCUT2D eigenvalue weighted by Gasteiger charge is 2.04. The van der Waals surface area contributed by atoms with Gasteiger partial charge in [-0.15, -0.1) is 0 Å². The average molecular weight is 225 g/mol. The van der Waals surface area contributed by atoms with Gasteiger partial charge in [-0.25, -0.2) is 0 Å². The van der Waals surface area contributed by atoms with E-state index in [-0.39, 0.29) is 0 Å². The summed E-state index contributed by atoms with van der Waals surface area (Å²) < 4.78 is 10.6. The molecule has 0 radical (unpaired) electrons. The first-order valence-corrected chi connectivity index (χ1v) is 5.20. The lowest BCUT2D eigenvalue weighted by atomic mass is 10.2. The molecule has 0 bridgehead atoms. The van der Waals surface area contributed by atoms with Crippen molar-refractivity contribution in [2.75, 3.05) is 13.7 Å². The Morgan fingerprint density at radius 1 is 1.33 bits per heavy atom. The van der Waals surface area contributed by atoms with E-state index >= 15 is 0 Å². The zero-order chi connectivity index (χ0) is 11.3. The summed E-state index contributed by atoms with van der Waals surface area (Å²) in [6.07, 6.45) is 0.958. The summed E-state index contributed by atoms with van der Waals surface area (Å²) in [4.78, 5) is 0.343. The Morgan fingerprint density at radius 2 is 2.00 bits per heavy atom. The summed E-state index contributed by atoms with van der Waals surface area (Å²) in [7, 11) is 1.60. The van der Waals surface area contributed by atoms with E-state index in [0.717, 1.165) is 17.7 Å². The minimum Gasteiger partial charge on any atom is -0.497 e. The second-order valence-electron chi connectivity index (χ2n) is 3.11. The summed E-state index contributed by atoms with van der Waals surface area (Å²) >= 11 is 4.91. The molecule has 0 aliphatic heterocycles. The molecule has 4 heteroatoms. The quantitative estimate of drug-likeness (QED) is 0.780. The van der Waals surface area contributed by atoms with Crippen LogP contribution < -0.4 is 15.2 Å². The smallest absolute Gasteiger partial charge is 0.123 e. The van der Waals surface area contributed by atoms with E-state index in [0.29, 0.717) is 17.3 Å². The number of hydrogen-bond acceptors (Lipinski definition) is 3. The van der Waals surface area contributed by atoms with E-state index in [2.05, 4.69) is 6.92 Å². The minimum atomic E-state index is 0.343. The van der Waals surface area contributed by atoms with Crippen LogP contribution in [0.2, 0.25) is 0 Å². The van der Waals surface area contributed by atoms with Crippen LogP contribution >= 0.6 is 12.2 Å². The number of nitrogens with two attached hydrogens (primary N) is 1. The van der Waals surface area contributed by atoms with E-state index in [1.54, 1.807) is 13.2 Å². The maximum absolute atomic E-state index is 5.56. The molecule has 82 valence electrons. The van der Waals surface area contributed by atoms with Crippen molar-refractivity contribution in [3.63, 3.8) is 0 Å². The van der Waals surface area contributed by atoms with Crippen LogP contribution in [0.15, 0.2) is 18.2 Å². The van der Waals surface area contributed by atoms with Crippen LogP contribution in [0.25, 0.3) is 0 Å². The molecule has 0 amide bonds. The number of thiocarbonyl (C=S) groups is 1. The molecule has 3 nitrogen and oxygen atoms in total. The van der Waals surface area contributed by atoms with Crippen molar-refractivity contribution in [3.05, 3.63) is 23.8 Å². The molecule has 0 heterocycles. The molecule has 0 aliphatic carbocycles. The van der Waals surface area contributed by atoms with Gasteiger partial charge in [-0.1, -0.05) is 19.1 Å². The van der Waals surface area contributed by atoms with E-state index in [4.69, 9.17) is 27.4 Å². The number of hydrogen-bond donors (Lipinski definition) is 1. The second kappa shape index (κ2) is 5.56. The Balaban J connectivity index is 2.95. The van der Waals surface area contributed by atoms with Crippen molar-refractivity contribution >= 4 is 17.2 Å². The molecule has 1 aromatic rings. The second-order valence-corrected chi connectivity index (χ2v) is 3.55. The Hall–Kier alpha value is -1.29. The van der Waals surface area contributed by atoms with Crippen LogP contribution in [0.5, 0.6) is 11.5 Å². The van der Waals surface area contributed by atoms with Gasteiger partial charge >= 0.3 is 0 Å². The van der Waals surface area contributed by atoms with Gasteiger partial charge in [0.1, 0.15) is 16.5 Å². The molecule has 0 unspecified atom stereocenters. The standard InChI is InChI=1S/C11H15NO2S/c1-3-4-14-10-6-8(11(12)15)5-9(7-10)13-2/h5-7H,3-4H2,1-2H3,(H2,12,15). The highest BCUT2D eigenvalue weighted by molar-refractivity contribution is 7.80. The van der Waals surface area contributed by atoms with Crippen molar-refractivity contribution in [2.24, 2.45) is 5.73 Å². The van der Waals surface area contributed by atoms with Crippen molar-refractivity contribution in [1.82, 2.24) is 0 Å². The fourth-order valence-electron chi connectivity index (χ4n) is 1.14. The van der Waals surface area contributed by atoms with Crippen molar-refractivity contribution < 1.29 is 9.47 Å². The molecular formula is C11H15NO2S. The van der Waals surface area contributed by atoms with Gasteiger partial charge in [-0.2, -0.15) is 0 Å². The third-order valence-corrected chi connectivity index (χ3v) is 2.11. The van der Waals surface area contributed by atoms with Crippen molar-refractivity contribution in [3.8, 4) is 11.5 Å². The van der Waals surface area contributed by atoms with Crippen LogP contribution in [0.4, 0.5) is 0 Å². The molecule has 2 N–H and O–H groups in total. The number of rotatable bonds is 5. The van der Waals surface area contributed by atoms with Crippen molar-refractivity contribution in [2.45, 2.75) is 13.3 Å². The molecule has 1 rings (SSSR count). The van der Waals surface area contributed by atoms with Gasteiger partial charge in [0.15, 0.2) is 0 Å².